The van der Waals surface area contributed by atoms with Gasteiger partial charge in [-0.05, 0) is 25.0 Å². The molecule has 2 rings (SSSR count). The zero-order valence-electron chi connectivity index (χ0n) is 11.2. The molecule has 0 heterocycles. The van der Waals surface area contributed by atoms with Crippen LogP contribution in [0.1, 0.15) is 32.3 Å². The maximum absolute atomic E-state index is 10.9. The Labute approximate surface area is 110 Å². The molecule has 0 aromatic heterocycles. The largest absolute Gasteiger partial charge is 0.283 e. The van der Waals surface area contributed by atoms with Crippen molar-refractivity contribution >= 4 is 23.5 Å². The summed E-state index contributed by atoms with van der Waals surface area (Å²) >= 11 is 0. The van der Waals surface area contributed by atoms with Crippen LogP contribution in [0, 0.1) is 27.2 Å². The molecular weight excluding hydrogens is 248 g/mol. The lowest BCUT2D eigenvalue weighted by Crippen LogP contribution is -2.32. The summed E-state index contributed by atoms with van der Waals surface area (Å²) < 4.78 is 0. The van der Waals surface area contributed by atoms with E-state index in [2.05, 4.69) is 0 Å². The summed E-state index contributed by atoms with van der Waals surface area (Å²) in [5, 5.41) is 22.9. The van der Waals surface area contributed by atoms with E-state index in [-0.39, 0.29) is 11.4 Å². The van der Waals surface area contributed by atoms with Crippen molar-refractivity contribution in [3.8, 4) is 0 Å². The molecule has 102 valence electrons. The summed E-state index contributed by atoms with van der Waals surface area (Å²) in [6, 6.07) is 1.05. The molecule has 1 aromatic rings. The predicted octanol–water partition coefficient (Wildman–Crippen LogP) is 2.19. The smallest absolute Gasteiger partial charge is 0.258 e. The van der Waals surface area contributed by atoms with Crippen LogP contribution in [0.15, 0.2) is 6.07 Å². The van der Waals surface area contributed by atoms with Crippen LogP contribution in [0.4, 0.5) is 11.4 Å². The minimum Gasteiger partial charge on any atom is -0.258 e. The fourth-order valence-corrected chi connectivity index (χ4v) is 2.07. The molecule has 6 nitrogen and oxygen atoms in total. The number of fused-ring (bicyclic) bond motifs is 1. The fourth-order valence-electron chi connectivity index (χ4n) is 2.07. The SMILES string of the molecule is CC.Cc1c([N+](=O)[O-])cc([N+](=O)[O-])c2c1=CCCC=2. The average molecular weight is 264 g/mol. The third kappa shape index (κ3) is 2.78. The van der Waals surface area contributed by atoms with Gasteiger partial charge in [-0.25, -0.2) is 0 Å². The van der Waals surface area contributed by atoms with Crippen molar-refractivity contribution in [1.29, 1.82) is 0 Å². The number of hydrogen-bond acceptors (Lipinski definition) is 4. The van der Waals surface area contributed by atoms with Crippen LogP contribution < -0.4 is 10.4 Å². The quantitative estimate of drug-likeness (QED) is 0.605. The monoisotopic (exact) mass is 264 g/mol. The minimum absolute atomic E-state index is 0.187. The third-order valence-electron chi connectivity index (χ3n) is 2.88. The van der Waals surface area contributed by atoms with Gasteiger partial charge >= 0.3 is 0 Å². The molecule has 0 saturated carbocycles. The summed E-state index contributed by atoms with van der Waals surface area (Å²) in [5.41, 5.74) is 0.113. The second-order valence-corrected chi connectivity index (χ2v) is 3.87. The number of nitro benzene ring substituents is 2. The highest BCUT2D eigenvalue weighted by Gasteiger charge is 2.21. The molecule has 1 aliphatic carbocycles. The van der Waals surface area contributed by atoms with Crippen LogP contribution in [0.3, 0.4) is 0 Å². The molecule has 0 aliphatic heterocycles. The van der Waals surface area contributed by atoms with Crippen molar-refractivity contribution in [1.82, 2.24) is 0 Å². The molecule has 1 aliphatic rings. The number of nitro groups is 2. The molecule has 0 spiro atoms. The maximum Gasteiger partial charge on any atom is 0.283 e. The van der Waals surface area contributed by atoms with Crippen LogP contribution in [0.25, 0.3) is 12.2 Å². The summed E-state index contributed by atoms with van der Waals surface area (Å²) in [7, 11) is 0. The van der Waals surface area contributed by atoms with E-state index in [1.807, 2.05) is 19.9 Å². The Bertz CT molecular complexity index is 635. The summed E-state index contributed by atoms with van der Waals surface area (Å²) in [4.78, 5) is 20.6. The topological polar surface area (TPSA) is 86.3 Å². The van der Waals surface area contributed by atoms with Crippen molar-refractivity contribution in [2.75, 3.05) is 0 Å². The summed E-state index contributed by atoms with van der Waals surface area (Å²) in [6.07, 6.45) is 5.08. The van der Waals surface area contributed by atoms with Gasteiger partial charge < -0.3 is 0 Å². The standard InChI is InChI=1S/C11H10N2O4.C2H6/c1-7-8-4-2-3-5-9(8)11(13(16)17)6-10(7)12(14)15;1-2/h4-6H,2-3H2,1H3;1-2H3. The first-order chi connectivity index (χ1) is 9.02. The van der Waals surface area contributed by atoms with Gasteiger partial charge in [-0.1, -0.05) is 26.0 Å². The second-order valence-electron chi connectivity index (χ2n) is 3.87. The summed E-state index contributed by atoms with van der Waals surface area (Å²) in [6.45, 7) is 5.62. The maximum atomic E-state index is 10.9. The van der Waals surface area contributed by atoms with Gasteiger partial charge in [0.15, 0.2) is 0 Å². The molecule has 0 bridgehead atoms. The van der Waals surface area contributed by atoms with Crippen LogP contribution in [0.2, 0.25) is 0 Å². The lowest BCUT2D eigenvalue weighted by atomic mass is 10.0. The van der Waals surface area contributed by atoms with Crippen LogP contribution in [0.5, 0.6) is 0 Å². The van der Waals surface area contributed by atoms with Gasteiger partial charge in [0, 0.05) is 5.56 Å². The van der Waals surface area contributed by atoms with Gasteiger partial charge in [-0.15, -0.1) is 0 Å². The molecule has 19 heavy (non-hydrogen) atoms. The van der Waals surface area contributed by atoms with Gasteiger partial charge in [0.25, 0.3) is 11.4 Å². The molecule has 0 fully saturated rings. The van der Waals surface area contributed by atoms with E-state index in [1.165, 1.54) is 0 Å². The molecule has 0 unspecified atom stereocenters. The fraction of sp³-hybridized carbons (Fsp3) is 0.385. The highest BCUT2D eigenvalue weighted by atomic mass is 16.6. The first-order valence-electron chi connectivity index (χ1n) is 6.15. The van der Waals surface area contributed by atoms with E-state index in [1.54, 1.807) is 13.0 Å². The van der Waals surface area contributed by atoms with Crippen molar-refractivity contribution in [3.05, 3.63) is 42.3 Å². The van der Waals surface area contributed by atoms with E-state index >= 15 is 0 Å². The normalized spacial score (nSPS) is 12.2. The minimum atomic E-state index is -0.578. The van der Waals surface area contributed by atoms with Gasteiger partial charge in [-0.2, -0.15) is 0 Å². The molecule has 0 amide bonds. The van der Waals surface area contributed by atoms with Gasteiger partial charge in [0.05, 0.1) is 21.1 Å². The third-order valence-corrected chi connectivity index (χ3v) is 2.88. The number of hydrogen-bond donors (Lipinski definition) is 0. The Morgan fingerprint density at radius 2 is 1.42 bits per heavy atom. The Kier molecular flexibility index (Phi) is 4.74. The first-order valence-corrected chi connectivity index (χ1v) is 6.15. The van der Waals surface area contributed by atoms with E-state index in [0.717, 1.165) is 18.9 Å². The van der Waals surface area contributed by atoms with Gasteiger partial charge in [-0.3, -0.25) is 20.2 Å². The second kappa shape index (κ2) is 6.08. The number of benzene rings is 1. The van der Waals surface area contributed by atoms with Gasteiger partial charge in [0.2, 0.25) is 0 Å². The Balaban J connectivity index is 0.000000861. The van der Waals surface area contributed by atoms with E-state index in [0.29, 0.717) is 16.0 Å². The Hall–Kier alpha value is -2.24. The van der Waals surface area contributed by atoms with Crippen molar-refractivity contribution in [2.24, 2.45) is 0 Å². The Morgan fingerprint density at radius 3 is 1.89 bits per heavy atom. The zero-order chi connectivity index (χ0) is 14.6. The van der Waals surface area contributed by atoms with E-state index in [9.17, 15) is 20.2 Å². The van der Waals surface area contributed by atoms with Gasteiger partial charge in [0.1, 0.15) is 0 Å². The molecule has 0 saturated heterocycles. The molecule has 1 aromatic carbocycles. The number of nitrogens with zero attached hydrogens (tertiary/aromatic N) is 2. The molecule has 0 atom stereocenters. The molecule has 0 radical (unpaired) electrons. The predicted molar refractivity (Wildman–Crippen MR) is 73.2 cm³/mol. The summed E-state index contributed by atoms with van der Waals surface area (Å²) in [5.74, 6) is 0. The number of rotatable bonds is 2. The van der Waals surface area contributed by atoms with Crippen molar-refractivity contribution < 1.29 is 9.85 Å². The molecular formula is C13H16N2O4. The zero-order valence-corrected chi connectivity index (χ0v) is 11.2. The highest BCUT2D eigenvalue weighted by molar-refractivity contribution is 5.57. The van der Waals surface area contributed by atoms with Crippen LogP contribution in [-0.4, -0.2) is 9.85 Å². The number of non-ortho nitro benzene ring substituents is 1. The lowest BCUT2D eigenvalue weighted by molar-refractivity contribution is -0.395. The van der Waals surface area contributed by atoms with Crippen molar-refractivity contribution in [2.45, 2.75) is 33.6 Å². The van der Waals surface area contributed by atoms with Crippen LogP contribution in [-0.2, 0) is 0 Å². The first kappa shape index (κ1) is 14.8. The van der Waals surface area contributed by atoms with E-state index in [4.69, 9.17) is 0 Å². The van der Waals surface area contributed by atoms with E-state index < -0.39 is 9.85 Å². The van der Waals surface area contributed by atoms with Crippen LogP contribution >= 0.6 is 0 Å². The molecule has 6 heteroatoms. The van der Waals surface area contributed by atoms with Crippen molar-refractivity contribution in [3.63, 3.8) is 0 Å². The average Bonchev–Trinajstić information content (AvgIpc) is 2.41. The molecule has 0 N–H and O–H groups in total. The Morgan fingerprint density at radius 1 is 0.947 bits per heavy atom. The lowest BCUT2D eigenvalue weighted by Gasteiger charge is -2.05. The highest BCUT2D eigenvalue weighted by Crippen LogP contribution is 2.18.